The highest BCUT2D eigenvalue weighted by atomic mass is 16.3. The van der Waals surface area contributed by atoms with Crippen molar-refractivity contribution in [1.29, 1.82) is 0 Å². The van der Waals surface area contributed by atoms with Crippen molar-refractivity contribution in [2.75, 3.05) is 0 Å². The van der Waals surface area contributed by atoms with Crippen LogP contribution in [0.25, 0.3) is 38.9 Å². The zero-order valence-electron chi connectivity index (χ0n) is 23.2. The van der Waals surface area contributed by atoms with Gasteiger partial charge in [0.25, 0.3) is 0 Å². The van der Waals surface area contributed by atoms with Crippen molar-refractivity contribution in [3.63, 3.8) is 0 Å². The number of aryl methyl sites for hydroxylation is 2. The van der Waals surface area contributed by atoms with Crippen molar-refractivity contribution in [1.82, 2.24) is 34.3 Å². The minimum absolute atomic E-state index is 0.00558. The maximum Gasteiger partial charge on any atom is 0.181 e. The first kappa shape index (κ1) is 22.9. The molecule has 2 aromatic carbocycles. The minimum Gasteiger partial charge on any atom is -0.386 e. The Morgan fingerprint density at radius 1 is 0.974 bits per heavy atom. The molecule has 6 rings (SSSR count). The van der Waals surface area contributed by atoms with Crippen LogP contribution in [-0.4, -0.2) is 39.4 Å². The highest BCUT2D eigenvalue weighted by Gasteiger charge is 2.23. The van der Waals surface area contributed by atoms with E-state index in [1.807, 2.05) is 61.4 Å². The first-order chi connectivity index (χ1) is 18.6. The Morgan fingerprint density at radius 2 is 1.76 bits per heavy atom. The summed E-state index contributed by atoms with van der Waals surface area (Å²) in [6, 6.07) is 17.1. The second-order valence-electron chi connectivity index (χ2n) is 10.1. The van der Waals surface area contributed by atoms with Crippen molar-refractivity contribution in [3.05, 3.63) is 89.5 Å². The fraction of sp³-hybridized carbons (Fsp3) is 0.267. The minimum atomic E-state index is -1.81. The quantitative estimate of drug-likeness (QED) is 0.316. The summed E-state index contributed by atoms with van der Waals surface area (Å²) in [7, 11) is 1.90. The highest BCUT2D eigenvalue weighted by Crippen LogP contribution is 2.37. The molecule has 4 heterocycles. The molecule has 6 aromatic rings. The molecule has 0 amide bonds. The third-order valence-electron chi connectivity index (χ3n) is 7.01. The van der Waals surface area contributed by atoms with E-state index in [0.717, 1.165) is 55.8 Å². The van der Waals surface area contributed by atoms with Gasteiger partial charge in [0.05, 0.1) is 36.6 Å². The van der Waals surface area contributed by atoms with Gasteiger partial charge in [-0.2, -0.15) is 15.3 Å². The lowest BCUT2D eigenvalue weighted by molar-refractivity contribution is 0.152. The smallest absolute Gasteiger partial charge is 0.181 e. The number of benzene rings is 2. The molecule has 1 N–H and O–H groups in total. The molecular weight excluding hydrogens is 474 g/mol. The first-order valence-electron chi connectivity index (χ1n) is 13.3. The summed E-state index contributed by atoms with van der Waals surface area (Å²) in [5.74, 6) is 0.228. The van der Waals surface area contributed by atoms with Crippen LogP contribution in [0.4, 0.5) is 0 Å². The van der Waals surface area contributed by atoms with Gasteiger partial charge in [0.15, 0.2) is 5.65 Å². The Morgan fingerprint density at radius 3 is 2.53 bits per heavy atom. The average molecular weight is 507 g/mol. The van der Waals surface area contributed by atoms with Crippen LogP contribution < -0.4 is 0 Å². The Balaban J connectivity index is 1.48. The third-order valence-corrected chi connectivity index (χ3v) is 7.01. The van der Waals surface area contributed by atoms with E-state index in [9.17, 15) is 5.11 Å². The summed E-state index contributed by atoms with van der Waals surface area (Å²) in [5, 5.41) is 27.1. The molecule has 192 valence electrons. The number of pyridine rings is 1. The van der Waals surface area contributed by atoms with Crippen LogP contribution in [0.1, 0.15) is 49.7 Å². The topological polar surface area (TPSA) is 86.6 Å². The second kappa shape index (κ2) is 9.22. The summed E-state index contributed by atoms with van der Waals surface area (Å²) in [6.45, 7) is 8.44. The standard InChI is InChI=1S/C30H31N7O/c1-18(2)28-20(4)37(26-14-22-15-35(5)34-30(22)31-19(26)3)33-29(28)23-12-9-13-25-24(23)16-36(32-25)17-27(38)21-10-7-6-8-11-21/h6-16,18,27,38H,17H2,1-5H3/t27-/m0/s1/i27D. The fourth-order valence-corrected chi connectivity index (χ4v) is 5.26. The summed E-state index contributed by atoms with van der Waals surface area (Å²) in [6.07, 6.45) is 2.06. The predicted octanol–water partition coefficient (Wildman–Crippen LogP) is 5.64. The maximum absolute atomic E-state index is 10.9. The molecule has 0 fully saturated rings. The van der Waals surface area contributed by atoms with Crippen molar-refractivity contribution in [3.8, 4) is 16.9 Å². The average Bonchev–Trinajstić information content (AvgIpc) is 3.56. The summed E-state index contributed by atoms with van der Waals surface area (Å²) < 4.78 is 14.0. The van der Waals surface area contributed by atoms with Crippen molar-refractivity contribution < 1.29 is 6.48 Å². The van der Waals surface area contributed by atoms with Gasteiger partial charge in [-0.3, -0.25) is 9.36 Å². The number of aliphatic hydroxyl groups is 1. The van der Waals surface area contributed by atoms with Crippen LogP contribution >= 0.6 is 0 Å². The van der Waals surface area contributed by atoms with Crippen LogP contribution in [0.15, 0.2) is 67.0 Å². The lowest BCUT2D eigenvalue weighted by Gasteiger charge is -2.10. The molecule has 0 aliphatic heterocycles. The van der Waals surface area contributed by atoms with E-state index >= 15 is 0 Å². The van der Waals surface area contributed by atoms with E-state index in [0.29, 0.717) is 5.56 Å². The lowest BCUT2D eigenvalue weighted by atomic mass is 9.95. The molecule has 1 atom stereocenters. The number of hydrogen-bond donors (Lipinski definition) is 1. The Hall–Kier alpha value is -4.30. The lowest BCUT2D eigenvalue weighted by Crippen LogP contribution is -2.08. The first-order valence-corrected chi connectivity index (χ1v) is 12.8. The molecule has 0 aliphatic carbocycles. The van der Waals surface area contributed by atoms with Crippen molar-refractivity contribution >= 4 is 21.9 Å². The number of nitrogens with zero attached hydrogens (tertiary/aromatic N) is 7. The summed E-state index contributed by atoms with van der Waals surface area (Å²) in [5.41, 5.74) is 7.87. The summed E-state index contributed by atoms with van der Waals surface area (Å²) in [4.78, 5) is 4.74. The van der Waals surface area contributed by atoms with Crippen LogP contribution in [0, 0.1) is 13.8 Å². The van der Waals surface area contributed by atoms with Crippen LogP contribution in [-0.2, 0) is 13.6 Å². The van der Waals surface area contributed by atoms with Gasteiger partial charge in [0.2, 0.25) is 0 Å². The van der Waals surface area contributed by atoms with Gasteiger partial charge in [-0.15, -0.1) is 0 Å². The molecule has 0 radical (unpaired) electrons. The van der Waals surface area contributed by atoms with Gasteiger partial charge in [-0.1, -0.05) is 56.3 Å². The van der Waals surface area contributed by atoms with Gasteiger partial charge < -0.3 is 5.11 Å². The van der Waals surface area contributed by atoms with Crippen molar-refractivity contribution in [2.24, 2.45) is 7.05 Å². The Labute approximate surface area is 222 Å². The van der Waals surface area contributed by atoms with Gasteiger partial charge >= 0.3 is 0 Å². The van der Waals surface area contributed by atoms with Crippen LogP contribution in [0.5, 0.6) is 0 Å². The molecule has 8 nitrogen and oxygen atoms in total. The van der Waals surface area contributed by atoms with Gasteiger partial charge in [0, 0.05) is 47.0 Å². The zero-order valence-corrected chi connectivity index (χ0v) is 22.2. The van der Waals surface area contributed by atoms with Crippen LogP contribution in [0.3, 0.4) is 0 Å². The number of hydrogen-bond acceptors (Lipinski definition) is 5. The highest BCUT2D eigenvalue weighted by molar-refractivity contribution is 5.94. The predicted molar refractivity (Wildman–Crippen MR) is 149 cm³/mol. The number of fused-ring (bicyclic) bond motifs is 2. The molecule has 8 heteroatoms. The van der Waals surface area contributed by atoms with Gasteiger partial charge in [-0.25, -0.2) is 9.67 Å². The molecule has 0 spiro atoms. The van der Waals surface area contributed by atoms with E-state index < -0.39 is 6.08 Å². The van der Waals surface area contributed by atoms with Gasteiger partial charge in [0.1, 0.15) is 0 Å². The van der Waals surface area contributed by atoms with E-state index in [1.165, 1.54) is 0 Å². The van der Waals surface area contributed by atoms with E-state index in [-0.39, 0.29) is 12.5 Å². The second-order valence-corrected chi connectivity index (χ2v) is 10.1. The van der Waals surface area contributed by atoms with E-state index in [4.69, 9.17) is 16.6 Å². The molecule has 38 heavy (non-hydrogen) atoms. The molecule has 0 saturated heterocycles. The third kappa shape index (κ3) is 4.07. The molecule has 0 bridgehead atoms. The van der Waals surface area contributed by atoms with Gasteiger partial charge in [-0.05, 0) is 37.5 Å². The Bertz CT molecular complexity index is 1830. The molecular formula is C30H31N7O. The zero-order chi connectivity index (χ0) is 27.5. The number of rotatable bonds is 6. The largest absolute Gasteiger partial charge is 0.386 e. The molecule has 0 aliphatic rings. The van der Waals surface area contributed by atoms with E-state index in [2.05, 4.69) is 38.0 Å². The SMILES string of the molecule is [2H][C@](O)(Cn1cc2c(-c3nn(-c4cc5cn(C)nc5nc4C)c(C)c3C(C)C)cccc2n1)c1ccccc1. The normalized spacial score (nSPS) is 13.9. The Kier molecular flexibility index (Phi) is 5.55. The maximum atomic E-state index is 10.9. The number of aromatic nitrogens is 7. The van der Waals surface area contributed by atoms with Crippen molar-refractivity contribution in [2.45, 2.75) is 46.2 Å². The van der Waals surface area contributed by atoms with Crippen LogP contribution in [0.2, 0.25) is 0 Å². The molecule has 4 aromatic heterocycles. The monoisotopic (exact) mass is 506 g/mol. The molecule has 0 unspecified atom stereocenters. The fourth-order valence-electron chi connectivity index (χ4n) is 5.26. The molecule has 0 saturated carbocycles. The summed E-state index contributed by atoms with van der Waals surface area (Å²) >= 11 is 0. The van der Waals surface area contributed by atoms with E-state index in [1.54, 1.807) is 21.5 Å².